The van der Waals surface area contributed by atoms with Gasteiger partial charge < -0.3 is 35.1 Å². The van der Waals surface area contributed by atoms with Gasteiger partial charge in [-0.3, -0.25) is 4.79 Å². The number of fused-ring (bicyclic) bond motifs is 1. The number of hydrogen-bond acceptors (Lipinski definition) is 6. The van der Waals surface area contributed by atoms with E-state index in [-0.39, 0.29) is 12.8 Å². The predicted octanol–water partition coefficient (Wildman–Crippen LogP) is 2.22. The number of carboxylic acid groups (broad SMARTS) is 2. The molecule has 0 saturated carbocycles. The Balaban J connectivity index is 1.51. The van der Waals surface area contributed by atoms with Crippen LogP contribution in [-0.2, 0) is 27.2 Å². The minimum absolute atomic E-state index is 0.218. The van der Waals surface area contributed by atoms with E-state index in [0.29, 0.717) is 24.7 Å². The number of aromatic amines is 1. The van der Waals surface area contributed by atoms with Crippen molar-refractivity contribution in [3.63, 3.8) is 0 Å². The molecule has 0 fully saturated rings. The molecule has 9 nitrogen and oxygen atoms in total. The molecule has 3 aromatic rings. The number of hydrogen-bond donors (Lipinski definition) is 4. The maximum atomic E-state index is 11.0. The van der Waals surface area contributed by atoms with Crippen molar-refractivity contribution in [2.75, 3.05) is 20.3 Å². The molecule has 1 aromatic heterocycles. The highest BCUT2D eigenvalue weighted by Gasteiger charge is 2.17. The van der Waals surface area contributed by atoms with Crippen LogP contribution in [0.4, 0.5) is 0 Å². The lowest BCUT2D eigenvalue weighted by Gasteiger charge is -2.12. The van der Waals surface area contributed by atoms with Crippen LogP contribution in [0.3, 0.4) is 0 Å². The van der Waals surface area contributed by atoms with E-state index in [1.807, 2.05) is 18.2 Å². The van der Waals surface area contributed by atoms with Crippen molar-refractivity contribution in [1.82, 2.24) is 4.98 Å². The highest BCUT2D eigenvalue weighted by Crippen LogP contribution is 2.24. The van der Waals surface area contributed by atoms with Crippen molar-refractivity contribution in [1.29, 1.82) is 0 Å². The van der Waals surface area contributed by atoms with Gasteiger partial charge in [-0.15, -0.1) is 0 Å². The minimum atomic E-state index is -1.04. The summed E-state index contributed by atoms with van der Waals surface area (Å²) in [7, 11) is 1.37. The fourth-order valence-corrected chi connectivity index (χ4v) is 3.27. The first-order valence-electron chi connectivity index (χ1n) is 10.1. The number of carboxylic acids is 2. The van der Waals surface area contributed by atoms with E-state index in [2.05, 4.69) is 4.98 Å². The Morgan fingerprint density at radius 2 is 1.62 bits per heavy atom. The Morgan fingerprint density at radius 3 is 2.25 bits per heavy atom. The Labute approximate surface area is 184 Å². The number of carbonyl (C=O) groups is 2. The van der Waals surface area contributed by atoms with Crippen LogP contribution in [0.5, 0.6) is 11.5 Å². The Morgan fingerprint density at radius 1 is 0.969 bits per heavy atom. The quantitative estimate of drug-likeness (QED) is 0.313. The Bertz CT molecular complexity index is 1060. The molecule has 0 amide bonds. The van der Waals surface area contributed by atoms with Gasteiger partial charge in [-0.25, -0.2) is 4.79 Å². The average Bonchev–Trinajstić information content (AvgIpc) is 3.17. The summed E-state index contributed by atoms with van der Waals surface area (Å²) >= 11 is 0. The Kier molecular flexibility index (Phi) is 7.69. The first-order chi connectivity index (χ1) is 15.4. The summed E-state index contributed by atoms with van der Waals surface area (Å²) in [5.41, 5.74) is 8.17. The standard InChI is InChI=1S/C23H26N2O7/c1-30-21(23(28)29)10-14-2-4-16(5-3-14)31-8-9-32-17-6-7-20-18(12-17)15(13-25-20)11-19(24)22(26)27/h2-7,12-13,19,21,25H,8-11,24H2,1H3,(H,26,27)(H,28,29). The fraction of sp³-hybridized carbons (Fsp3) is 0.304. The summed E-state index contributed by atoms with van der Waals surface area (Å²) in [5.74, 6) is -0.759. The van der Waals surface area contributed by atoms with Crippen LogP contribution in [0.2, 0.25) is 0 Å². The molecule has 0 aliphatic heterocycles. The molecule has 1 heterocycles. The van der Waals surface area contributed by atoms with E-state index in [9.17, 15) is 9.59 Å². The third kappa shape index (κ3) is 5.99. The van der Waals surface area contributed by atoms with E-state index in [4.69, 9.17) is 30.2 Å². The van der Waals surface area contributed by atoms with Gasteiger partial charge in [-0.1, -0.05) is 12.1 Å². The molecular formula is C23H26N2O7. The first-order valence-corrected chi connectivity index (χ1v) is 10.1. The minimum Gasteiger partial charge on any atom is -0.490 e. The van der Waals surface area contributed by atoms with Crippen molar-refractivity contribution in [3.8, 4) is 11.5 Å². The van der Waals surface area contributed by atoms with Crippen LogP contribution < -0.4 is 15.2 Å². The summed E-state index contributed by atoms with van der Waals surface area (Å²) in [6, 6.07) is 11.7. The highest BCUT2D eigenvalue weighted by atomic mass is 16.5. The van der Waals surface area contributed by atoms with Gasteiger partial charge in [0.1, 0.15) is 30.8 Å². The maximum Gasteiger partial charge on any atom is 0.333 e. The lowest BCUT2D eigenvalue weighted by molar-refractivity contribution is -0.148. The van der Waals surface area contributed by atoms with E-state index < -0.39 is 24.1 Å². The van der Waals surface area contributed by atoms with Crippen molar-refractivity contribution >= 4 is 22.8 Å². The smallest absolute Gasteiger partial charge is 0.333 e. The zero-order chi connectivity index (χ0) is 23.1. The zero-order valence-corrected chi connectivity index (χ0v) is 17.6. The van der Waals surface area contributed by atoms with Crippen LogP contribution in [0.15, 0.2) is 48.7 Å². The Hall–Kier alpha value is -3.56. The van der Waals surface area contributed by atoms with E-state index in [0.717, 1.165) is 22.0 Å². The normalized spacial score (nSPS) is 12.9. The molecule has 9 heteroatoms. The topological polar surface area (TPSA) is 144 Å². The first kappa shape index (κ1) is 23.1. The van der Waals surface area contributed by atoms with E-state index in [1.165, 1.54) is 7.11 Å². The number of H-pyrrole nitrogens is 1. The van der Waals surface area contributed by atoms with Gasteiger partial charge in [0.25, 0.3) is 0 Å². The molecule has 0 bridgehead atoms. The molecule has 0 spiro atoms. The third-order valence-corrected chi connectivity index (χ3v) is 5.02. The highest BCUT2D eigenvalue weighted by molar-refractivity contribution is 5.85. The number of aromatic nitrogens is 1. The van der Waals surface area contributed by atoms with Gasteiger partial charge in [0, 0.05) is 37.1 Å². The van der Waals surface area contributed by atoms with Crippen LogP contribution in [0.25, 0.3) is 10.9 Å². The number of benzene rings is 2. The molecule has 2 unspecified atom stereocenters. The summed E-state index contributed by atoms with van der Waals surface area (Å²) in [4.78, 5) is 25.2. The van der Waals surface area contributed by atoms with Gasteiger partial charge in [-0.05, 0) is 41.5 Å². The second kappa shape index (κ2) is 10.7. The fourth-order valence-electron chi connectivity index (χ4n) is 3.27. The van der Waals surface area contributed by atoms with Gasteiger partial charge in [0.05, 0.1) is 0 Å². The van der Waals surface area contributed by atoms with Crippen LogP contribution in [-0.4, -0.2) is 59.6 Å². The monoisotopic (exact) mass is 442 g/mol. The largest absolute Gasteiger partial charge is 0.490 e. The van der Waals surface area contributed by atoms with Crippen molar-refractivity contribution in [2.45, 2.75) is 25.0 Å². The van der Waals surface area contributed by atoms with Gasteiger partial charge >= 0.3 is 11.9 Å². The van der Waals surface area contributed by atoms with Gasteiger partial charge in [0.15, 0.2) is 6.10 Å². The van der Waals surface area contributed by atoms with Gasteiger partial charge in [-0.2, -0.15) is 0 Å². The second-order valence-electron chi connectivity index (χ2n) is 7.28. The number of nitrogens with one attached hydrogen (secondary N) is 1. The molecule has 2 atom stereocenters. The van der Waals surface area contributed by atoms with Crippen molar-refractivity contribution in [2.24, 2.45) is 5.73 Å². The van der Waals surface area contributed by atoms with Crippen molar-refractivity contribution in [3.05, 3.63) is 59.8 Å². The molecule has 170 valence electrons. The number of methoxy groups -OCH3 is 1. The molecule has 0 aliphatic rings. The van der Waals surface area contributed by atoms with Crippen LogP contribution >= 0.6 is 0 Å². The van der Waals surface area contributed by atoms with Crippen LogP contribution in [0, 0.1) is 0 Å². The van der Waals surface area contributed by atoms with Gasteiger partial charge in [0.2, 0.25) is 0 Å². The molecule has 0 saturated heterocycles. The predicted molar refractivity (Wildman–Crippen MR) is 117 cm³/mol. The number of nitrogens with two attached hydrogens (primary N) is 1. The van der Waals surface area contributed by atoms with Crippen molar-refractivity contribution < 1.29 is 34.0 Å². The lowest BCUT2D eigenvalue weighted by atomic mass is 10.1. The second-order valence-corrected chi connectivity index (χ2v) is 7.28. The molecule has 0 aliphatic carbocycles. The summed E-state index contributed by atoms with van der Waals surface area (Å²) in [6.45, 7) is 0.628. The average molecular weight is 442 g/mol. The number of ether oxygens (including phenoxy) is 3. The maximum absolute atomic E-state index is 11.0. The van der Waals surface area contributed by atoms with Crippen LogP contribution in [0.1, 0.15) is 11.1 Å². The molecular weight excluding hydrogens is 416 g/mol. The number of rotatable bonds is 12. The summed E-state index contributed by atoms with van der Waals surface area (Å²) in [5, 5.41) is 18.9. The molecule has 32 heavy (non-hydrogen) atoms. The van der Waals surface area contributed by atoms with E-state index >= 15 is 0 Å². The SMILES string of the molecule is COC(Cc1ccc(OCCOc2ccc3[nH]cc(CC(N)C(=O)O)c3c2)cc1)C(=O)O. The number of aliphatic carboxylic acids is 2. The lowest BCUT2D eigenvalue weighted by Crippen LogP contribution is -2.32. The third-order valence-electron chi connectivity index (χ3n) is 5.02. The molecule has 2 aromatic carbocycles. The van der Waals surface area contributed by atoms with E-state index in [1.54, 1.807) is 30.5 Å². The molecule has 3 rings (SSSR count). The zero-order valence-electron chi connectivity index (χ0n) is 17.6. The molecule has 5 N–H and O–H groups in total. The summed E-state index contributed by atoms with van der Waals surface area (Å²) in [6.07, 6.45) is 1.37. The molecule has 0 radical (unpaired) electrons. The summed E-state index contributed by atoms with van der Waals surface area (Å²) < 4.78 is 16.4.